The molecule has 2 saturated heterocycles. The number of nitrogens with zero attached hydrogens (tertiary/aromatic N) is 3. The average molecular weight is 305 g/mol. The molecule has 1 atom stereocenters. The molecule has 4 nitrogen and oxygen atoms in total. The smallest absolute Gasteiger partial charge is 0.320 e. The molecule has 2 amide bonds. The molecule has 5 heteroatoms. The minimum atomic E-state index is -0.227. The van der Waals surface area contributed by atoms with E-state index in [-0.39, 0.29) is 17.9 Å². The minimum absolute atomic E-state index is 0.0107. The van der Waals surface area contributed by atoms with E-state index in [0.717, 1.165) is 57.5 Å². The first-order chi connectivity index (χ1) is 10.6. The number of urea groups is 1. The molecular formula is C17H24FN3O. The molecule has 0 bridgehead atoms. The Kier molecular flexibility index (Phi) is 4.62. The van der Waals surface area contributed by atoms with E-state index in [9.17, 15) is 9.18 Å². The zero-order valence-electron chi connectivity index (χ0n) is 13.2. The van der Waals surface area contributed by atoms with Gasteiger partial charge in [0, 0.05) is 32.7 Å². The Morgan fingerprint density at radius 1 is 1.14 bits per heavy atom. The van der Waals surface area contributed by atoms with Crippen LogP contribution in [0.4, 0.5) is 9.18 Å². The highest BCUT2D eigenvalue weighted by Crippen LogP contribution is 2.32. The molecule has 2 aliphatic rings. The second-order valence-electron chi connectivity index (χ2n) is 6.33. The average Bonchev–Trinajstić information content (AvgIpc) is 2.55. The third-order valence-corrected chi connectivity index (χ3v) is 4.76. The Balaban J connectivity index is 1.76. The third-order valence-electron chi connectivity index (χ3n) is 4.76. The number of likely N-dealkylation sites (N-methyl/N-ethyl adjacent to an activating group) is 1. The highest BCUT2D eigenvalue weighted by atomic mass is 19.1. The molecule has 1 aromatic carbocycles. The summed E-state index contributed by atoms with van der Waals surface area (Å²) in [5.74, 6) is -0.227. The molecule has 1 aromatic rings. The lowest BCUT2D eigenvalue weighted by Gasteiger charge is -2.41. The van der Waals surface area contributed by atoms with E-state index < -0.39 is 0 Å². The molecule has 3 rings (SSSR count). The van der Waals surface area contributed by atoms with Crippen molar-refractivity contribution in [1.82, 2.24) is 14.7 Å². The Morgan fingerprint density at radius 3 is 2.64 bits per heavy atom. The number of piperazine rings is 1. The van der Waals surface area contributed by atoms with Crippen LogP contribution in [0, 0.1) is 5.82 Å². The van der Waals surface area contributed by atoms with Crippen LogP contribution in [0.2, 0.25) is 0 Å². The van der Waals surface area contributed by atoms with Crippen molar-refractivity contribution in [3.63, 3.8) is 0 Å². The molecule has 0 spiro atoms. The van der Waals surface area contributed by atoms with E-state index in [0.29, 0.717) is 0 Å². The molecule has 0 unspecified atom stereocenters. The molecule has 22 heavy (non-hydrogen) atoms. The number of likely N-dealkylation sites (tertiary alicyclic amines) is 1. The van der Waals surface area contributed by atoms with Gasteiger partial charge in [0.15, 0.2) is 0 Å². The zero-order chi connectivity index (χ0) is 15.5. The number of rotatable bonds is 1. The van der Waals surface area contributed by atoms with Gasteiger partial charge in [-0.15, -0.1) is 0 Å². The summed E-state index contributed by atoms with van der Waals surface area (Å²) in [6.07, 6.45) is 3.04. The lowest BCUT2D eigenvalue weighted by molar-refractivity contribution is 0.0949. The Morgan fingerprint density at radius 2 is 1.91 bits per heavy atom. The Hall–Kier alpha value is -1.62. The van der Waals surface area contributed by atoms with Gasteiger partial charge in [-0.25, -0.2) is 9.18 Å². The maximum atomic E-state index is 13.5. The quantitative estimate of drug-likeness (QED) is 0.797. The normalized spacial score (nSPS) is 23.6. The van der Waals surface area contributed by atoms with E-state index in [1.165, 1.54) is 6.07 Å². The van der Waals surface area contributed by atoms with Gasteiger partial charge in [0.25, 0.3) is 0 Å². The molecule has 2 fully saturated rings. The largest absolute Gasteiger partial charge is 0.322 e. The van der Waals surface area contributed by atoms with Gasteiger partial charge < -0.3 is 14.7 Å². The highest BCUT2D eigenvalue weighted by Gasteiger charge is 2.32. The number of amides is 2. The number of halogens is 1. The van der Waals surface area contributed by atoms with Crippen LogP contribution in [-0.4, -0.2) is 60.5 Å². The molecule has 0 aliphatic carbocycles. The van der Waals surface area contributed by atoms with Crippen LogP contribution in [0.5, 0.6) is 0 Å². The molecule has 0 saturated carbocycles. The van der Waals surface area contributed by atoms with Crippen molar-refractivity contribution in [3.8, 4) is 0 Å². The highest BCUT2D eigenvalue weighted by molar-refractivity contribution is 5.75. The third kappa shape index (κ3) is 3.24. The first kappa shape index (κ1) is 15.3. The lowest BCUT2D eigenvalue weighted by atomic mass is 9.95. The van der Waals surface area contributed by atoms with Gasteiger partial charge >= 0.3 is 6.03 Å². The van der Waals surface area contributed by atoms with E-state index in [4.69, 9.17) is 0 Å². The van der Waals surface area contributed by atoms with Crippen LogP contribution in [0.25, 0.3) is 0 Å². The molecule has 0 aromatic heterocycles. The maximum Gasteiger partial charge on any atom is 0.320 e. The van der Waals surface area contributed by atoms with Gasteiger partial charge in [-0.3, -0.25) is 0 Å². The lowest BCUT2D eigenvalue weighted by Crippen LogP contribution is -2.53. The van der Waals surface area contributed by atoms with Gasteiger partial charge in [0.1, 0.15) is 5.82 Å². The number of carbonyl (C=O) groups excluding carboxylic acids is 1. The van der Waals surface area contributed by atoms with Crippen LogP contribution in [0.15, 0.2) is 24.3 Å². The fourth-order valence-corrected chi connectivity index (χ4v) is 3.40. The zero-order valence-corrected chi connectivity index (χ0v) is 13.2. The topological polar surface area (TPSA) is 26.8 Å². The summed E-state index contributed by atoms with van der Waals surface area (Å²) in [6.45, 7) is 4.17. The summed E-state index contributed by atoms with van der Waals surface area (Å²) in [6, 6.07) is 6.82. The maximum absolute atomic E-state index is 13.5. The molecule has 120 valence electrons. The van der Waals surface area contributed by atoms with Crippen LogP contribution in [-0.2, 0) is 0 Å². The van der Waals surface area contributed by atoms with Gasteiger partial charge in [0.2, 0.25) is 0 Å². The van der Waals surface area contributed by atoms with Gasteiger partial charge in [-0.05, 0) is 44.0 Å². The minimum Gasteiger partial charge on any atom is -0.322 e. The van der Waals surface area contributed by atoms with Crippen LogP contribution >= 0.6 is 0 Å². The van der Waals surface area contributed by atoms with Gasteiger partial charge in [0.05, 0.1) is 6.04 Å². The van der Waals surface area contributed by atoms with Crippen molar-refractivity contribution in [2.24, 2.45) is 0 Å². The first-order valence-electron chi connectivity index (χ1n) is 8.15. The van der Waals surface area contributed by atoms with Crippen LogP contribution in [0.1, 0.15) is 30.9 Å². The molecule has 2 heterocycles. The molecule has 2 aliphatic heterocycles. The van der Waals surface area contributed by atoms with Crippen molar-refractivity contribution < 1.29 is 9.18 Å². The summed E-state index contributed by atoms with van der Waals surface area (Å²) >= 11 is 0. The summed E-state index contributed by atoms with van der Waals surface area (Å²) in [5.41, 5.74) is 0.919. The number of carbonyl (C=O) groups is 1. The van der Waals surface area contributed by atoms with Crippen LogP contribution < -0.4 is 0 Å². The first-order valence-corrected chi connectivity index (χ1v) is 8.15. The summed E-state index contributed by atoms with van der Waals surface area (Å²) in [7, 11) is 2.08. The predicted octanol–water partition coefficient (Wildman–Crippen LogP) is 2.72. The summed E-state index contributed by atoms with van der Waals surface area (Å²) in [4.78, 5) is 19.0. The van der Waals surface area contributed by atoms with Gasteiger partial charge in [-0.1, -0.05) is 12.1 Å². The number of benzene rings is 1. The monoisotopic (exact) mass is 305 g/mol. The fraction of sp³-hybridized carbons (Fsp3) is 0.588. The molecule has 0 N–H and O–H groups in total. The second kappa shape index (κ2) is 6.65. The Bertz CT molecular complexity index is 528. The van der Waals surface area contributed by atoms with E-state index in [2.05, 4.69) is 11.9 Å². The number of hydrogen-bond donors (Lipinski definition) is 0. The Labute approximate surface area is 131 Å². The molecular weight excluding hydrogens is 281 g/mol. The number of hydrogen-bond acceptors (Lipinski definition) is 2. The van der Waals surface area contributed by atoms with E-state index in [1.807, 2.05) is 15.9 Å². The van der Waals surface area contributed by atoms with Crippen molar-refractivity contribution in [2.75, 3.05) is 39.8 Å². The van der Waals surface area contributed by atoms with Crippen molar-refractivity contribution in [3.05, 3.63) is 35.6 Å². The second-order valence-corrected chi connectivity index (χ2v) is 6.33. The van der Waals surface area contributed by atoms with E-state index >= 15 is 0 Å². The standard InChI is InChI=1S/C17H24FN3O/c1-19-9-11-20(12-10-19)17(22)21-8-3-2-7-16(21)14-5-4-6-15(18)13-14/h4-6,13,16H,2-3,7-12H2,1H3/t16-/m1/s1. The van der Waals surface area contributed by atoms with Crippen molar-refractivity contribution >= 4 is 6.03 Å². The van der Waals surface area contributed by atoms with Crippen molar-refractivity contribution in [1.29, 1.82) is 0 Å². The van der Waals surface area contributed by atoms with Gasteiger partial charge in [-0.2, -0.15) is 0 Å². The van der Waals surface area contributed by atoms with Crippen molar-refractivity contribution in [2.45, 2.75) is 25.3 Å². The predicted molar refractivity (Wildman–Crippen MR) is 84.2 cm³/mol. The number of piperidine rings is 1. The molecule has 0 radical (unpaired) electrons. The van der Waals surface area contributed by atoms with Crippen LogP contribution in [0.3, 0.4) is 0 Å². The SMILES string of the molecule is CN1CCN(C(=O)N2CCCC[C@@H]2c2cccc(F)c2)CC1. The summed E-state index contributed by atoms with van der Waals surface area (Å²) in [5, 5.41) is 0. The fourth-order valence-electron chi connectivity index (χ4n) is 3.40. The summed E-state index contributed by atoms with van der Waals surface area (Å²) < 4.78 is 13.5. The van der Waals surface area contributed by atoms with E-state index in [1.54, 1.807) is 12.1 Å².